The molecule has 0 fully saturated rings. The van der Waals surface area contributed by atoms with Crippen molar-refractivity contribution < 1.29 is 0 Å². The molecule has 1 aliphatic heterocycles. The Morgan fingerprint density at radius 2 is 2.10 bits per heavy atom. The van der Waals surface area contributed by atoms with Crippen molar-refractivity contribution in [2.75, 3.05) is 11.4 Å². The molecule has 20 heavy (non-hydrogen) atoms. The van der Waals surface area contributed by atoms with Gasteiger partial charge in [-0.3, -0.25) is 0 Å². The van der Waals surface area contributed by atoms with E-state index in [0.717, 1.165) is 24.1 Å². The van der Waals surface area contributed by atoms with Gasteiger partial charge in [-0.1, -0.05) is 20.3 Å². The van der Waals surface area contributed by atoms with Crippen LogP contribution in [0.3, 0.4) is 0 Å². The summed E-state index contributed by atoms with van der Waals surface area (Å²) in [6.07, 6.45) is 3.58. The van der Waals surface area contributed by atoms with Crippen molar-refractivity contribution in [3.8, 4) is 6.07 Å². The van der Waals surface area contributed by atoms with E-state index in [4.69, 9.17) is 0 Å². The topological polar surface area (TPSA) is 27.0 Å². The van der Waals surface area contributed by atoms with Crippen LogP contribution in [0.4, 0.5) is 5.69 Å². The van der Waals surface area contributed by atoms with Crippen LogP contribution >= 0.6 is 0 Å². The van der Waals surface area contributed by atoms with Crippen molar-refractivity contribution >= 4 is 5.69 Å². The molecule has 1 heterocycles. The second kappa shape index (κ2) is 5.48. The summed E-state index contributed by atoms with van der Waals surface area (Å²) in [7, 11) is 0. The highest BCUT2D eigenvalue weighted by Crippen LogP contribution is 2.44. The summed E-state index contributed by atoms with van der Waals surface area (Å²) in [4.78, 5) is 2.56. The fourth-order valence-electron chi connectivity index (χ4n) is 3.49. The molecule has 2 rings (SSSR count). The monoisotopic (exact) mass is 270 g/mol. The maximum Gasteiger partial charge on any atom is 0.0994 e. The number of fused-ring (bicyclic) bond motifs is 1. The van der Waals surface area contributed by atoms with Gasteiger partial charge in [-0.15, -0.1) is 0 Å². The summed E-state index contributed by atoms with van der Waals surface area (Å²) in [6.45, 7) is 12.4. The third kappa shape index (κ3) is 2.54. The Kier molecular flexibility index (Phi) is 4.09. The van der Waals surface area contributed by atoms with Gasteiger partial charge in [0.15, 0.2) is 0 Å². The third-order valence-electron chi connectivity index (χ3n) is 4.59. The minimum absolute atomic E-state index is 0.197. The number of nitriles is 1. The van der Waals surface area contributed by atoms with E-state index in [-0.39, 0.29) is 5.54 Å². The van der Waals surface area contributed by atoms with E-state index in [0.29, 0.717) is 5.92 Å². The predicted octanol–water partition coefficient (Wildman–Crippen LogP) is 4.76. The lowest BCUT2D eigenvalue weighted by atomic mass is 9.79. The highest BCUT2D eigenvalue weighted by atomic mass is 15.2. The Bertz CT molecular complexity index is 537. The quantitative estimate of drug-likeness (QED) is 0.792. The van der Waals surface area contributed by atoms with E-state index in [2.05, 4.69) is 50.8 Å². The van der Waals surface area contributed by atoms with Crippen molar-refractivity contribution in [3.63, 3.8) is 0 Å². The Labute approximate surface area is 123 Å². The molecule has 0 saturated heterocycles. The van der Waals surface area contributed by atoms with E-state index >= 15 is 0 Å². The molecule has 2 heteroatoms. The van der Waals surface area contributed by atoms with E-state index in [1.54, 1.807) is 0 Å². The number of hydrogen-bond acceptors (Lipinski definition) is 2. The van der Waals surface area contributed by atoms with Gasteiger partial charge < -0.3 is 4.90 Å². The lowest BCUT2D eigenvalue weighted by molar-refractivity contribution is 0.373. The average Bonchev–Trinajstić information content (AvgIpc) is 2.37. The number of hydrogen-bond donors (Lipinski definition) is 0. The summed E-state index contributed by atoms with van der Waals surface area (Å²) in [5, 5.41) is 9.25. The van der Waals surface area contributed by atoms with Crippen molar-refractivity contribution in [1.82, 2.24) is 0 Å². The molecule has 0 amide bonds. The Morgan fingerprint density at radius 1 is 1.40 bits per heavy atom. The van der Waals surface area contributed by atoms with Crippen LogP contribution in [0.1, 0.15) is 69.6 Å². The summed E-state index contributed by atoms with van der Waals surface area (Å²) < 4.78 is 0. The van der Waals surface area contributed by atoms with Crippen LogP contribution in [-0.2, 0) is 0 Å². The molecule has 0 bridgehead atoms. The summed E-state index contributed by atoms with van der Waals surface area (Å²) >= 11 is 0. The summed E-state index contributed by atoms with van der Waals surface area (Å²) in [5.41, 5.74) is 4.81. The number of rotatable bonds is 3. The van der Waals surface area contributed by atoms with Crippen LogP contribution in [0, 0.1) is 18.3 Å². The van der Waals surface area contributed by atoms with Crippen molar-refractivity contribution in [2.24, 2.45) is 0 Å². The molecule has 0 aromatic heterocycles. The number of unbranched alkanes of at least 4 members (excludes halogenated alkanes) is 1. The second-order valence-corrected chi connectivity index (χ2v) is 6.76. The maximum atomic E-state index is 9.25. The Balaban J connectivity index is 2.52. The zero-order chi connectivity index (χ0) is 14.9. The van der Waals surface area contributed by atoms with Gasteiger partial charge in [0.25, 0.3) is 0 Å². The minimum atomic E-state index is 0.197. The molecule has 0 spiro atoms. The van der Waals surface area contributed by atoms with Crippen LogP contribution in [0.15, 0.2) is 12.1 Å². The number of nitrogens with zero attached hydrogens (tertiary/aromatic N) is 2. The van der Waals surface area contributed by atoms with Crippen LogP contribution in [-0.4, -0.2) is 12.1 Å². The molecule has 0 aliphatic carbocycles. The predicted molar refractivity (Wildman–Crippen MR) is 85.3 cm³/mol. The minimum Gasteiger partial charge on any atom is -0.366 e. The molecule has 0 radical (unpaired) electrons. The maximum absolute atomic E-state index is 9.25. The molecular formula is C18H26N2. The third-order valence-corrected chi connectivity index (χ3v) is 4.59. The van der Waals surface area contributed by atoms with Gasteiger partial charge in [-0.2, -0.15) is 5.26 Å². The van der Waals surface area contributed by atoms with E-state index in [9.17, 15) is 5.26 Å². The molecule has 1 atom stereocenters. The van der Waals surface area contributed by atoms with Gasteiger partial charge in [0, 0.05) is 17.8 Å². The number of anilines is 1. The van der Waals surface area contributed by atoms with Crippen LogP contribution < -0.4 is 4.90 Å². The molecule has 0 unspecified atom stereocenters. The zero-order valence-electron chi connectivity index (χ0n) is 13.5. The zero-order valence-corrected chi connectivity index (χ0v) is 13.5. The van der Waals surface area contributed by atoms with Gasteiger partial charge in [-0.25, -0.2) is 0 Å². The van der Waals surface area contributed by atoms with E-state index in [1.165, 1.54) is 24.1 Å². The van der Waals surface area contributed by atoms with Crippen LogP contribution in [0.5, 0.6) is 0 Å². The van der Waals surface area contributed by atoms with Gasteiger partial charge in [0.05, 0.1) is 11.6 Å². The molecule has 0 N–H and O–H groups in total. The Hall–Kier alpha value is -1.49. The first-order valence-corrected chi connectivity index (χ1v) is 7.73. The Morgan fingerprint density at radius 3 is 2.70 bits per heavy atom. The molecule has 2 nitrogen and oxygen atoms in total. The molecule has 0 saturated carbocycles. The second-order valence-electron chi connectivity index (χ2n) is 6.76. The van der Waals surface area contributed by atoms with Crippen molar-refractivity contribution in [3.05, 3.63) is 28.8 Å². The van der Waals surface area contributed by atoms with Gasteiger partial charge in [0.2, 0.25) is 0 Å². The molecular weight excluding hydrogens is 244 g/mol. The molecule has 1 aromatic carbocycles. The molecule has 1 aliphatic rings. The first kappa shape index (κ1) is 14.9. The fourth-order valence-corrected chi connectivity index (χ4v) is 3.49. The van der Waals surface area contributed by atoms with Crippen LogP contribution in [0.25, 0.3) is 0 Å². The smallest absolute Gasteiger partial charge is 0.0994 e. The van der Waals surface area contributed by atoms with E-state index < -0.39 is 0 Å². The van der Waals surface area contributed by atoms with Gasteiger partial charge in [-0.05, 0) is 62.8 Å². The average molecular weight is 270 g/mol. The highest BCUT2D eigenvalue weighted by Gasteiger charge is 2.36. The largest absolute Gasteiger partial charge is 0.366 e. The van der Waals surface area contributed by atoms with Crippen molar-refractivity contribution in [1.29, 1.82) is 5.26 Å². The normalized spacial score (nSPS) is 20.4. The summed E-state index contributed by atoms with van der Waals surface area (Å²) in [6, 6.07) is 6.66. The number of benzene rings is 1. The van der Waals surface area contributed by atoms with Gasteiger partial charge in [0.1, 0.15) is 0 Å². The molecule has 1 aromatic rings. The first-order chi connectivity index (χ1) is 9.40. The lowest BCUT2D eigenvalue weighted by Gasteiger charge is -2.48. The lowest BCUT2D eigenvalue weighted by Crippen LogP contribution is -2.48. The standard InChI is InChI=1S/C18H26N2/c1-6-7-8-20-17-9-13(2)15(12-19)10-16(17)14(3)11-18(20,4)5/h9-10,14H,6-8,11H2,1-5H3/t14-/m0/s1. The first-order valence-electron chi connectivity index (χ1n) is 7.73. The van der Waals surface area contributed by atoms with Crippen LogP contribution in [0.2, 0.25) is 0 Å². The molecule has 108 valence electrons. The summed E-state index contributed by atoms with van der Waals surface area (Å²) in [5.74, 6) is 0.519. The van der Waals surface area contributed by atoms with E-state index in [1.807, 2.05) is 6.92 Å². The van der Waals surface area contributed by atoms with Gasteiger partial charge >= 0.3 is 0 Å². The van der Waals surface area contributed by atoms with Crippen molar-refractivity contribution in [2.45, 2.75) is 65.3 Å². The fraction of sp³-hybridized carbons (Fsp3) is 0.611. The number of aryl methyl sites for hydroxylation is 1. The SMILES string of the molecule is CCCCN1c2cc(C)c(C#N)cc2[C@@H](C)CC1(C)C. The highest BCUT2D eigenvalue weighted by molar-refractivity contribution is 5.64.